The number of rotatable bonds is 2. The fraction of sp³-hybridized carbons (Fsp3) is 0.667. The van der Waals surface area contributed by atoms with Gasteiger partial charge in [-0.2, -0.15) is 0 Å². The molecule has 0 aliphatic carbocycles. The van der Waals surface area contributed by atoms with Crippen LogP contribution in [0.2, 0.25) is 0 Å². The summed E-state index contributed by atoms with van der Waals surface area (Å²) in [7, 11) is 0. The largest absolute Gasteiger partial charge is 0.479 e. The smallest absolute Gasteiger partial charge is 0.334 e. The highest BCUT2D eigenvalue weighted by Gasteiger charge is 2.08. The molecule has 0 saturated heterocycles. The Morgan fingerprint density at radius 2 is 2.57 bits per heavy atom. The van der Waals surface area contributed by atoms with E-state index in [0.717, 1.165) is 0 Å². The quantitative estimate of drug-likeness (QED) is 0.400. The molecule has 0 rings (SSSR count). The molecule has 0 saturated carbocycles. The Kier molecular flexibility index (Phi) is 0.958. The molecular formula is C3H6O4. The van der Waals surface area contributed by atoms with E-state index in [4.69, 9.17) is 19.4 Å². The first kappa shape index (κ1) is 2.64. The van der Waals surface area contributed by atoms with Crippen LogP contribution in [-0.4, -0.2) is 33.9 Å². The van der Waals surface area contributed by atoms with E-state index in [1.165, 1.54) is 0 Å². The van der Waals surface area contributed by atoms with Gasteiger partial charge < -0.3 is 15.3 Å². The first-order valence-corrected chi connectivity index (χ1v) is 1.37. The van der Waals surface area contributed by atoms with Gasteiger partial charge in [-0.3, -0.25) is 0 Å². The van der Waals surface area contributed by atoms with E-state index in [1.807, 2.05) is 0 Å². The molecular weight excluding hydrogens is 100 g/mol. The van der Waals surface area contributed by atoms with Crippen LogP contribution in [0.25, 0.3) is 0 Å². The summed E-state index contributed by atoms with van der Waals surface area (Å²) in [6.07, 6.45) is -3.51. The van der Waals surface area contributed by atoms with E-state index >= 15 is 0 Å². The highest BCUT2D eigenvalue weighted by atomic mass is 16.4. The van der Waals surface area contributed by atoms with Gasteiger partial charge in [-0.15, -0.1) is 0 Å². The lowest BCUT2D eigenvalue weighted by molar-refractivity contribution is -0.148. The van der Waals surface area contributed by atoms with Gasteiger partial charge in [0.25, 0.3) is 0 Å². The van der Waals surface area contributed by atoms with Crippen LogP contribution in [-0.2, 0) is 4.79 Å². The Bertz CT molecular complexity index is 148. The van der Waals surface area contributed by atoms with E-state index in [2.05, 4.69) is 0 Å². The van der Waals surface area contributed by atoms with Crippen molar-refractivity contribution in [1.29, 1.82) is 0 Å². The van der Waals surface area contributed by atoms with E-state index in [0.29, 0.717) is 0 Å². The fourth-order valence-corrected chi connectivity index (χ4v) is 0.0478. The molecule has 3 N–H and O–H groups in total. The van der Waals surface area contributed by atoms with Crippen molar-refractivity contribution in [3.8, 4) is 0 Å². The standard InChI is InChI=1S/C3H6O4/c4-1-2(5)3(6)7/h2,4-5H,1H2,(H,6,7)/i1D2,2D. The molecule has 1 atom stereocenters. The van der Waals surface area contributed by atoms with Crippen molar-refractivity contribution in [2.75, 3.05) is 6.56 Å². The summed E-state index contributed by atoms with van der Waals surface area (Å²) in [5, 5.41) is 24.5. The maximum Gasteiger partial charge on any atom is 0.334 e. The summed E-state index contributed by atoms with van der Waals surface area (Å²) < 4.78 is 18.9. The highest BCUT2D eigenvalue weighted by Crippen LogP contribution is 1.75. The van der Waals surface area contributed by atoms with Crippen molar-refractivity contribution in [2.24, 2.45) is 0 Å². The van der Waals surface area contributed by atoms with E-state index < -0.39 is 18.6 Å². The van der Waals surface area contributed by atoms with Crippen LogP contribution in [0.15, 0.2) is 0 Å². The topological polar surface area (TPSA) is 77.8 Å². The summed E-state index contributed by atoms with van der Waals surface area (Å²) in [5.41, 5.74) is 0. The lowest BCUT2D eigenvalue weighted by Gasteiger charge is -1.95. The highest BCUT2D eigenvalue weighted by molar-refractivity contribution is 5.71. The van der Waals surface area contributed by atoms with Crippen LogP contribution in [0.5, 0.6) is 0 Å². The molecule has 0 amide bonds. The molecule has 0 fully saturated rings. The first-order valence-electron chi connectivity index (χ1n) is 2.87. The average Bonchev–Trinajstić information content (AvgIpc) is 1.62. The number of carbonyl (C=O) groups is 1. The maximum atomic E-state index is 9.83. The van der Waals surface area contributed by atoms with Crippen LogP contribution in [0.3, 0.4) is 0 Å². The molecule has 0 heterocycles. The van der Waals surface area contributed by atoms with Crippen molar-refractivity contribution in [2.45, 2.75) is 6.08 Å². The van der Waals surface area contributed by atoms with Crippen LogP contribution >= 0.6 is 0 Å². The predicted molar refractivity (Wildman–Crippen MR) is 20.7 cm³/mol. The van der Waals surface area contributed by atoms with Crippen molar-refractivity contribution in [3.05, 3.63) is 0 Å². The summed E-state index contributed by atoms with van der Waals surface area (Å²) >= 11 is 0. The van der Waals surface area contributed by atoms with Crippen LogP contribution in [0.4, 0.5) is 0 Å². The molecule has 4 heteroatoms. The van der Waals surface area contributed by atoms with Crippen LogP contribution in [0, 0.1) is 0 Å². The van der Waals surface area contributed by atoms with Gasteiger partial charge in [0, 0.05) is 0 Å². The minimum Gasteiger partial charge on any atom is -0.479 e. The lowest BCUT2D eigenvalue weighted by atomic mass is 10.4. The molecule has 0 aliphatic heterocycles. The van der Waals surface area contributed by atoms with E-state index in [9.17, 15) is 4.79 Å². The molecule has 0 aromatic carbocycles. The number of aliphatic hydroxyl groups is 2. The van der Waals surface area contributed by atoms with Crippen LogP contribution in [0.1, 0.15) is 4.11 Å². The second kappa shape index (κ2) is 2.54. The summed E-state index contributed by atoms with van der Waals surface area (Å²) in [6, 6.07) is 0. The molecule has 0 aromatic rings. The fourth-order valence-electron chi connectivity index (χ4n) is 0.0478. The third-order valence-electron chi connectivity index (χ3n) is 0.308. The summed E-state index contributed by atoms with van der Waals surface area (Å²) in [4.78, 5) is 9.83. The third kappa shape index (κ3) is 2.13. The molecule has 0 radical (unpaired) electrons. The SMILES string of the molecule is [2H]C([2H])(O)C([2H])(O)C(=O)O. The molecule has 0 aliphatic rings. The van der Waals surface area contributed by atoms with Gasteiger partial charge in [0.1, 0.15) is 0 Å². The molecule has 0 bridgehead atoms. The summed E-state index contributed by atoms with van der Waals surface area (Å²) in [6.45, 7) is -3.46. The first-order chi connectivity index (χ1) is 4.19. The number of carboxylic acids is 1. The number of hydrogen-bond acceptors (Lipinski definition) is 3. The molecule has 42 valence electrons. The van der Waals surface area contributed by atoms with Gasteiger partial charge in [-0.25, -0.2) is 4.79 Å². The zero-order chi connectivity index (χ0) is 8.58. The predicted octanol–water partition coefficient (Wildman–Crippen LogP) is -1.58. The molecule has 0 spiro atoms. The second-order valence-corrected chi connectivity index (χ2v) is 0.766. The van der Waals surface area contributed by atoms with Crippen LogP contribution < -0.4 is 0 Å². The average molecular weight is 109 g/mol. The molecule has 7 heavy (non-hydrogen) atoms. The van der Waals surface area contributed by atoms with Gasteiger partial charge in [0.15, 0.2) is 6.08 Å². The van der Waals surface area contributed by atoms with E-state index in [1.54, 1.807) is 0 Å². The Morgan fingerprint density at radius 1 is 2.14 bits per heavy atom. The lowest BCUT2D eigenvalue weighted by Crippen LogP contribution is -2.22. The Balaban J connectivity index is 4.57. The number of aliphatic carboxylic acids is 1. The zero-order valence-corrected chi connectivity index (χ0v) is 3.25. The molecule has 0 aromatic heterocycles. The Hall–Kier alpha value is -0.610. The number of hydrogen-bond donors (Lipinski definition) is 3. The van der Waals surface area contributed by atoms with Gasteiger partial charge in [0.2, 0.25) is 0 Å². The second-order valence-electron chi connectivity index (χ2n) is 0.766. The van der Waals surface area contributed by atoms with Crippen molar-refractivity contribution in [3.63, 3.8) is 0 Å². The maximum absolute atomic E-state index is 9.83. The zero-order valence-electron chi connectivity index (χ0n) is 6.25. The molecule has 4 nitrogen and oxygen atoms in total. The van der Waals surface area contributed by atoms with Gasteiger partial charge >= 0.3 is 5.97 Å². The monoisotopic (exact) mass is 109 g/mol. The minimum atomic E-state index is -3.51. The minimum absolute atomic E-state index is 2.14. The number of carboxylic acid groups (broad SMARTS) is 1. The Morgan fingerprint density at radius 3 is 2.57 bits per heavy atom. The summed E-state index contributed by atoms with van der Waals surface area (Å²) in [5.74, 6) is -2.14. The molecule has 1 unspecified atom stereocenters. The third-order valence-corrected chi connectivity index (χ3v) is 0.308. The van der Waals surface area contributed by atoms with E-state index in [-0.39, 0.29) is 0 Å². The van der Waals surface area contributed by atoms with Crippen molar-refractivity contribution >= 4 is 5.97 Å². The normalized spacial score (nSPS) is 26.3. The van der Waals surface area contributed by atoms with Crippen molar-refractivity contribution < 1.29 is 24.2 Å². The Labute approximate surface area is 44.2 Å². The van der Waals surface area contributed by atoms with Gasteiger partial charge in [0.05, 0.1) is 10.7 Å². The van der Waals surface area contributed by atoms with Gasteiger partial charge in [-0.1, -0.05) is 0 Å². The van der Waals surface area contributed by atoms with Gasteiger partial charge in [-0.05, 0) is 0 Å². The van der Waals surface area contributed by atoms with Crippen molar-refractivity contribution in [1.82, 2.24) is 0 Å².